The standard InChI is InChI=1S/C10H15NO.C10H15N.C10H14.C9H13NO2.C8H12S.C5H12O/c1-7(2)10(11)8-3-5-9(12)6-4-8;1-8(2)10(11)9-6-4-3-5-7-9;1-9(2)8-10-6-4-3-5-7-10;1-7(2)9(10-11-3)8-5-4-6-12-8;1-7(2)6-8-4-3-5-9-8;1-4(2)5(3)6/h3-7,10,12H,11H2,1-2H3;3-8,10H,11H2,1-2H3;3-7,9H,8H2,1-2H3;4-7H,1-3H3;3-5,7H,6H2,1-2H3;4-6H,1-3H3/b;;;10-9+;;. The van der Waals surface area contributed by atoms with E-state index in [2.05, 4.69) is 121 Å². The minimum Gasteiger partial charge on any atom is -0.508 e. The van der Waals surface area contributed by atoms with Gasteiger partial charge in [0.15, 0.2) is 5.76 Å². The first-order chi connectivity index (χ1) is 28.3. The number of aliphatic hydroxyl groups excluding tert-OH is 1. The Morgan fingerprint density at radius 2 is 1.10 bits per heavy atom. The summed E-state index contributed by atoms with van der Waals surface area (Å²) in [4.78, 5) is 6.22. The fourth-order valence-corrected chi connectivity index (χ4v) is 5.93. The lowest BCUT2D eigenvalue weighted by molar-refractivity contribution is 0.144. The Hall–Kier alpha value is -4.21. The lowest BCUT2D eigenvalue weighted by Gasteiger charge is -2.15. The number of rotatable bonds is 12. The quantitative estimate of drug-likeness (QED) is 0.0732. The van der Waals surface area contributed by atoms with E-state index in [4.69, 9.17) is 30.9 Å². The summed E-state index contributed by atoms with van der Waals surface area (Å²) in [6.07, 6.45) is 3.91. The topological polar surface area (TPSA) is 127 Å². The van der Waals surface area contributed by atoms with Gasteiger partial charge in [-0.05, 0) is 102 Å². The number of aromatic hydroxyl groups is 1. The fraction of sp³-hybridized carbons (Fsp3) is 0.481. The summed E-state index contributed by atoms with van der Waals surface area (Å²) in [5.41, 5.74) is 16.4. The molecule has 0 aliphatic carbocycles. The van der Waals surface area contributed by atoms with Crippen molar-refractivity contribution in [2.45, 2.75) is 121 Å². The van der Waals surface area contributed by atoms with Crippen molar-refractivity contribution >= 4 is 17.0 Å². The predicted octanol–water partition coefficient (Wildman–Crippen LogP) is 13.5. The normalized spacial score (nSPS) is 12.4. The molecule has 3 aromatic carbocycles. The molecule has 6 N–H and O–H groups in total. The van der Waals surface area contributed by atoms with E-state index in [0.717, 1.165) is 28.9 Å². The molecule has 3 atom stereocenters. The summed E-state index contributed by atoms with van der Waals surface area (Å²) >= 11 is 1.85. The molecule has 7 nitrogen and oxygen atoms in total. The summed E-state index contributed by atoms with van der Waals surface area (Å²) in [6, 6.07) is 36.1. The highest BCUT2D eigenvalue weighted by Crippen LogP contribution is 2.21. The van der Waals surface area contributed by atoms with Crippen LogP contribution in [0, 0.1) is 35.5 Å². The number of thiophene rings is 1. The average Bonchev–Trinajstić information content (AvgIpc) is 3.93. The molecule has 2 heterocycles. The Kier molecular flexibility index (Phi) is 30.3. The van der Waals surface area contributed by atoms with Gasteiger partial charge in [-0.15, -0.1) is 11.3 Å². The molecule has 0 bridgehead atoms. The van der Waals surface area contributed by atoms with Gasteiger partial charge in [-0.25, -0.2) is 0 Å². The summed E-state index contributed by atoms with van der Waals surface area (Å²) in [5, 5.41) is 23.7. The number of furan rings is 1. The molecule has 0 saturated heterocycles. The van der Waals surface area contributed by atoms with Gasteiger partial charge in [-0.1, -0.05) is 167 Å². The van der Waals surface area contributed by atoms with E-state index in [-0.39, 0.29) is 23.9 Å². The summed E-state index contributed by atoms with van der Waals surface area (Å²) in [6.45, 7) is 27.3. The molecule has 8 heteroatoms. The zero-order chi connectivity index (χ0) is 45.6. The molecule has 0 amide bonds. The summed E-state index contributed by atoms with van der Waals surface area (Å²) < 4.78 is 5.20. The third-order valence-corrected chi connectivity index (χ3v) is 9.95. The van der Waals surface area contributed by atoms with Crippen LogP contribution >= 0.6 is 11.3 Å². The number of benzene rings is 3. The fourth-order valence-electron chi connectivity index (χ4n) is 5.02. The number of oxime groups is 1. The largest absolute Gasteiger partial charge is 0.508 e. The van der Waals surface area contributed by atoms with E-state index in [1.54, 1.807) is 25.3 Å². The van der Waals surface area contributed by atoms with Gasteiger partial charge in [-0.3, -0.25) is 0 Å². The van der Waals surface area contributed by atoms with Crippen LogP contribution < -0.4 is 11.5 Å². The molecule has 0 saturated carbocycles. The van der Waals surface area contributed by atoms with Crippen LogP contribution in [0.1, 0.15) is 129 Å². The molecule has 0 aliphatic rings. The predicted molar refractivity (Wildman–Crippen MR) is 260 cm³/mol. The molecule has 0 aliphatic heterocycles. The number of phenols is 1. The summed E-state index contributed by atoms with van der Waals surface area (Å²) in [5.74, 6) is 4.26. The molecular formula is C52H81N3O4S. The van der Waals surface area contributed by atoms with Crippen molar-refractivity contribution in [1.82, 2.24) is 0 Å². The molecule has 334 valence electrons. The molecular weight excluding hydrogens is 763 g/mol. The van der Waals surface area contributed by atoms with Crippen molar-refractivity contribution < 1.29 is 19.5 Å². The number of hydrogen-bond donors (Lipinski definition) is 4. The number of aliphatic hydroxyl groups is 1. The third kappa shape index (κ3) is 26.8. The first kappa shape index (κ1) is 55.8. The highest BCUT2D eigenvalue weighted by Gasteiger charge is 2.12. The van der Waals surface area contributed by atoms with Crippen molar-refractivity contribution in [2.24, 2.45) is 52.1 Å². The highest BCUT2D eigenvalue weighted by atomic mass is 32.1. The van der Waals surface area contributed by atoms with Gasteiger partial charge in [0.05, 0.1) is 12.4 Å². The van der Waals surface area contributed by atoms with E-state index in [1.165, 1.54) is 36.0 Å². The Morgan fingerprint density at radius 3 is 1.47 bits per heavy atom. The van der Waals surface area contributed by atoms with Gasteiger partial charge in [-0.2, -0.15) is 0 Å². The van der Waals surface area contributed by atoms with Crippen molar-refractivity contribution in [2.75, 3.05) is 7.11 Å². The number of nitrogens with zero attached hydrogens (tertiary/aromatic N) is 1. The minimum absolute atomic E-state index is 0.0607. The van der Waals surface area contributed by atoms with Crippen LogP contribution in [-0.4, -0.2) is 29.1 Å². The highest BCUT2D eigenvalue weighted by molar-refractivity contribution is 7.09. The average molecular weight is 844 g/mol. The van der Waals surface area contributed by atoms with Gasteiger partial charge in [0, 0.05) is 22.9 Å². The Balaban J connectivity index is 0.000000704. The zero-order valence-corrected chi connectivity index (χ0v) is 40.2. The SMILES string of the molecule is CC(C)C(C)O.CC(C)C(N)c1ccc(O)cc1.CC(C)C(N)c1ccccc1.CC(C)Cc1ccccc1.CC(C)Cc1cccs1.CO/N=C(/c1ccco1)C(C)C. The number of hydrogen-bond acceptors (Lipinski definition) is 8. The molecule has 60 heavy (non-hydrogen) atoms. The second-order valence-electron chi connectivity index (χ2n) is 17.1. The van der Waals surface area contributed by atoms with E-state index >= 15 is 0 Å². The smallest absolute Gasteiger partial charge is 0.151 e. The monoisotopic (exact) mass is 844 g/mol. The molecule has 5 rings (SSSR count). The van der Waals surface area contributed by atoms with Crippen molar-refractivity contribution in [3.63, 3.8) is 0 Å². The Labute approximate surface area is 369 Å². The minimum atomic E-state index is -0.148. The van der Waals surface area contributed by atoms with E-state index in [1.807, 2.05) is 81.5 Å². The number of phenolic OH excluding ortho intramolecular Hbond substituents is 1. The van der Waals surface area contributed by atoms with Crippen LogP contribution in [-0.2, 0) is 17.7 Å². The van der Waals surface area contributed by atoms with Crippen LogP contribution in [0.15, 0.2) is 130 Å². The maximum atomic E-state index is 9.04. The van der Waals surface area contributed by atoms with Gasteiger partial charge in [0.1, 0.15) is 18.6 Å². The van der Waals surface area contributed by atoms with Gasteiger partial charge in [0.2, 0.25) is 0 Å². The van der Waals surface area contributed by atoms with E-state index in [0.29, 0.717) is 23.7 Å². The second kappa shape index (κ2) is 32.5. The maximum absolute atomic E-state index is 9.04. The lowest BCUT2D eigenvalue weighted by Crippen LogP contribution is -2.16. The Morgan fingerprint density at radius 1 is 0.617 bits per heavy atom. The molecule has 2 aromatic heterocycles. The first-order valence-electron chi connectivity index (χ1n) is 21.5. The van der Waals surface area contributed by atoms with Crippen molar-refractivity contribution in [3.05, 3.63) is 148 Å². The van der Waals surface area contributed by atoms with Crippen molar-refractivity contribution in [1.29, 1.82) is 0 Å². The van der Waals surface area contributed by atoms with Crippen molar-refractivity contribution in [3.8, 4) is 5.75 Å². The third-order valence-electron chi connectivity index (χ3n) is 9.05. The molecule has 5 aromatic rings. The van der Waals surface area contributed by atoms with Crippen LogP contribution in [0.25, 0.3) is 0 Å². The Bertz CT molecular complexity index is 1690. The molecule has 0 radical (unpaired) electrons. The summed E-state index contributed by atoms with van der Waals surface area (Å²) in [7, 11) is 1.53. The molecule has 3 unspecified atom stereocenters. The maximum Gasteiger partial charge on any atom is 0.151 e. The first-order valence-corrected chi connectivity index (χ1v) is 22.4. The second-order valence-corrected chi connectivity index (χ2v) is 18.1. The van der Waals surface area contributed by atoms with E-state index in [9.17, 15) is 0 Å². The van der Waals surface area contributed by atoms with Gasteiger partial charge in [0.25, 0.3) is 0 Å². The van der Waals surface area contributed by atoms with Crippen LogP contribution in [0.5, 0.6) is 5.75 Å². The molecule has 0 fully saturated rings. The zero-order valence-electron chi connectivity index (χ0n) is 39.4. The van der Waals surface area contributed by atoms with Gasteiger partial charge >= 0.3 is 0 Å². The lowest BCUT2D eigenvalue weighted by atomic mass is 9.97. The van der Waals surface area contributed by atoms with Crippen LogP contribution in [0.3, 0.4) is 0 Å². The van der Waals surface area contributed by atoms with Crippen LogP contribution in [0.2, 0.25) is 0 Å². The van der Waals surface area contributed by atoms with Crippen LogP contribution in [0.4, 0.5) is 0 Å². The number of nitrogens with two attached hydrogens (primary N) is 2. The van der Waals surface area contributed by atoms with Gasteiger partial charge < -0.3 is 30.9 Å². The molecule has 0 spiro atoms. The van der Waals surface area contributed by atoms with E-state index < -0.39 is 0 Å².